The zero-order valence-electron chi connectivity index (χ0n) is 31.2. The highest BCUT2D eigenvalue weighted by Crippen LogP contribution is 2.41. The van der Waals surface area contributed by atoms with Crippen molar-refractivity contribution in [2.24, 2.45) is 0 Å². The molecule has 5 rings (SSSR count). The van der Waals surface area contributed by atoms with E-state index in [0.717, 1.165) is 70.0 Å². The van der Waals surface area contributed by atoms with E-state index < -0.39 is 0 Å². The van der Waals surface area contributed by atoms with Crippen LogP contribution in [0.2, 0.25) is 0 Å². The predicted molar refractivity (Wildman–Crippen MR) is 200 cm³/mol. The molecule has 0 saturated carbocycles. The number of hydrogen-bond donors (Lipinski definition) is 0. The fraction of sp³-hybridized carbons (Fsp3) is 0.525. The van der Waals surface area contributed by atoms with Gasteiger partial charge in [0.2, 0.25) is 5.75 Å². The number of para-hydroxylation sites is 2. The quantitative estimate of drug-likeness (QED) is 0.108. The Morgan fingerprint density at radius 2 is 1.64 bits per heavy atom. The van der Waals surface area contributed by atoms with Crippen molar-refractivity contribution in [3.8, 4) is 17.2 Å². The molecule has 2 aromatic carbocycles. The normalized spacial score (nSPS) is 15.6. The number of methoxy groups -OCH3 is 3. The molecule has 2 aromatic heterocycles. The molecule has 0 spiro atoms. The molecule has 0 radical (unpaired) electrons. The Bertz CT molecular complexity index is 1600. The van der Waals surface area contributed by atoms with Crippen LogP contribution >= 0.6 is 0 Å². The first-order chi connectivity index (χ1) is 24.3. The molecule has 0 N–H and O–H groups in total. The van der Waals surface area contributed by atoms with Crippen LogP contribution in [-0.4, -0.2) is 97.5 Å². The number of amides is 1. The van der Waals surface area contributed by atoms with E-state index in [1.807, 2.05) is 49.3 Å². The van der Waals surface area contributed by atoms with Crippen molar-refractivity contribution in [3.63, 3.8) is 0 Å². The summed E-state index contributed by atoms with van der Waals surface area (Å²) < 4.78 is 23.9. The summed E-state index contributed by atoms with van der Waals surface area (Å²) in [5, 5.41) is 0. The number of likely N-dealkylation sites (tertiary alicyclic amines) is 1. The number of unbranched alkanes of at least 4 members (excludes halogenated alkanes) is 1. The van der Waals surface area contributed by atoms with Crippen molar-refractivity contribution in [2.75, 3.05) is 67.3 Å². The molecule has 10 heteroatoms. The third kappa shape index (κ3) is 9.54. The van der Waals surface area contributed by atoms with Gasteiger partial charge in [-0.3, -0.25) is 9.78 Å². The topological polar surface area (TPSA) is 91.2 Å². The number of imidazole rings is 1. The number of pyridine rings is 1. The summed E-state index contributed by atoms with van der Waals surface area (Å²) in [6.45, 7) is 15.6. The van der Waals surface area contributed by atoms with E-state index in [1.165, 1.54) is 23.9 Å². The molecule has 1 aliphatic rings. The zero-order chi connectivity index (χ0) is 35.9. The van der Waals surface area contributed by atoms with Gasteiger partial charge in [0.05, 0.1) is 39.0 Å². The first-order valence-electron chi connectivity index (χ1n) is 18.1. The van der Waals surface area contributed by atoms with Crippen LogP contribution in [0, 0.1) is 6.92 Å². The molecule has 50 heavy (non-hydrogen) atoms. The van der Waals surface area contributed by atoms with Crippen LogP contribution in [0.15, 0.2) is 60.9 Å². The minimum Gasteiger partial charge on any atom is -0.493 e. The molecule has 3 heterocycles. The number of benzene rings is 2. The molecule has 0 bridgehead atoms. The lowest BCUT2D eigenvalue weighted by atomic mass is 9.77. The lowest BCUT2D eigenvalue weighted by Crippen LogP contribution is -2.38. The van der Waals surface area contributed by atoms with Gasteiger partial charge in [0.15, 0.2) is 11.5 Å². The fourth-order valence-electron chi connectivity index (χ4n) is 6.91. The minimum atomic E-state index is -0.0859. The Hall–Kier alpha value is -4.15. The summed E-state index contributed by atoms with van der Waals surface area (Å²) in [7, 11) is 4.70. The second kappa shape index (κ2) is 19.3. The zero-order valence-corrected chi connectivity index (χ0v) is 31.2. The van der Waals surface area contributed by atoms with Crippen LogP contribution in [0.4, 0.5) is 0 Å². The number of nitrogens with zero attached hydrogens (tertiary/aromatic N) is 5. The smallest absolute Gasteiger partial charge is 0.254 e. The number of hydrogen-bond acceptors (Lipinski definition) is 8. The monoisotopic (exact) mass is 687 g/mol. The third-order valence-electron chi connectivity index (χ3n) is 9.63. The predicted octanol–water partition coefficient (Wildman–Crippen LogP) is 7.17. The van der Waals surface area contributed by atoms with Crippen molar-refractivity contribution >= 4 is 16.9 Å². The summed E-state index contributed by atoms with van der Waals surface area (Å²) in [6, 6.07) is 15.9. The molecule has 1 fully saturated rings. The van der Waals surface area contributed by atoms with Gasteiger partial charge in [0, 0.05) is 49.6 Å². The third-order valence-corrected chi connectivity index (χ3v) is 9.63. The molecule has 10 nitrogen and oxygen atoms in total. The van der Waals surface area contributed by atoms with Gasteiger partial charge in [-0.25, -0.2) is 4.98 Å². The number of carbonyl (C=O) groups is 1. The Morgan fingerprint density at radius 1 is 0.920 bits per heavy atom. The lowest BCUT2D eigenvalue weighted by molar-refractivity contribution is 0.0780. The maximum Gasteiger partial charge on any atom is 0.254 e. The molecular weight excluding hydrogens is 630 g/mol. The summed E-state index contributed by atoms with van der Waals surface area (Å²) in [6.07, 6.45) is 9.24. The number of ether oxygens (including phenoxy) is 4. The summed E-state index contributed by atoms with van der Waals surface area (Å²) in [5.41, 5.74) is 3.97. The average molecular weight is 688 g/mol. The maximum absolute atomic E-state index is 13.6. The SMILES string of the molecule is CCCCN(CCC)CCC1(c2ccncc2)CCN(C(=O)c2cc(OC)c(OC)c(OC)c2)C1.CCOCCn1c(C)nc2ccccc21. The minimum absolute atomic E-state index is 0.0171. The number of carbonyl (C=O) groups excluding carboxylic acids is 1. The van der Waals surface area contributed by atoms with E-state index >= 15 is 0 Å². The largest absolute Gasteiger partial charge is 0.493 e. The second-order valence-corrected chi connectivity index (χ2v) is 12.8. The molecule has 1 saturated heterocycles. The van der Waals surface area contributed by atoms with E-state index in [9.17, 15) is 4.79 Å². The van der Waals surface area contributed by atoms with Crippen molar-refractivity contribution in [1.29, 1.82) is 0 Å². The number of aryl methyl sites for hydroxylation is 1. The van der Waals surface area contributed by atoms with E-state index in [4.69, 9.17) is 18.9 Å². The van der Waals surface area contributed by atoms with Crippen molar-refractivity contribution in [2.45, 2.75) is 71.8 Å². The number of rotatable bonds is 17. The Labute approximate surface area is 298 Å². The fourth-order valence-corrected chi connectivity index (χ4v) is 6.91. The number of aromatic nitrogens is 3. The molecule has 0 aliphatic carbocycles. The van der Waals surface area contributed by atoms with Crippen LogP contribution in [0.25, 0.3) is 11.0 Å². The average Bonchev–Trinajstić information content (AvgIpc) is 3.74. The molecule has 4 aromatic rings. The molecule has 1 amide bonds. The van der Waals surface area contributed by atoms with Gasteiger partial charge in [-0.1, -0.05) is 32.4 Å². The van der Waals surface area contributed by atoms with Gasteiger partial charge in [0.1, 0.15) is 5.82 Å². The van der Waals surface area contributed by atoms with Gasteiger partial charge in [0.25, 0.3) is 5.91 Å². The van der Waals surface area contributed by atoms with Crippen molar-refractivity contribution < 1.29 is 23.7 Å². The summed E-state index contributed by atoms with van der Waals surface area (Å²) >= 11 is 0. The van der Waals surface area contributed by atoms with Crippen LogP contribution in [0.3, 0.4) is 0 Å². The van der Waals surface area contributed by atoms with Gasteiger partial charge in [-0.2, -0.15) is 0 Å². The van der Waals surface area contributed by atoms with Crippen LogP contribution in [0.5, 0.6) is 17.2 Å². The highest BCUT2D eigenvalue weighted by Gasteiger charge is 2.41. The van der Waals surface area contributed by atoms with E-state index in [0.29, 0.717) is 35.9 Å². The van der Waals surface area contributed by atoms with Crippen LogP contribution in [0.1, 0.15) is 74.6 Å². The van der Waals surface area contributed by atoms with Crippen LogP contribution in [-0.2, 0) is 16.7 Å². The molecule has 1 aliphatic heterocycles. The second-order valence-electron chi connectivity index (χ2n) is 12.8. The van der Waals surface area contributed by atoms with Gasteiger partial charge in [-0.05, 0) is 101 Å². The Morgan fingerprint density at radius 3 is 2.28 bits per heavy atom. The van der Waals surface area contributed by atoms with Crippen molar-refractivity contribution in [3.05, 3.63) is 77.9 Å². The highest BCUT2D eigenvalue weighted by molar-refractivity contribution is 5.96. The van der Waals surface area contributed by atoms with E-state index in [2.05, 4.69) is 51.5 Å². The van der Waals surface area contributed by atoms with E-state index in [1.54, 1.807) is 33.5 Å². The Balaban J connectivity index is 0.000000310. The standard InChI is InChI=1S/C28H41N3O4.C12H16N2O/c1-6-8-16-30(15-7-2)17-11-28(23-9-13-29-14-10-23)12-18-31(21-28)27(32)22-19-24(33-3)26(35-5)25(20-22)34-4;1-3-15-9-8-14-10(2)13-11-6-4-5-7-12(11)14/h9-10,13-14,19-20H,6-8,11-12,15-18,21H2,1-5H3;4-7H,3,8-9H2,1-2H3. The maximum atomic E-state index is 13.6. The number of fused-ring (bicyclic) bond motifs is 1. The summed E-state index contributed by atoms with van der Waals surface area (Å²) in [4.78, 5) is 26.9. The highest BCUT2D eigenvalue weighted by atomic mass is 16.5. The molecular formula is C40H57N5O5. The van der Waals surface area contributed by atoms with Gasteiger partial charge < -0.3 is 33.3 Å². The van der Waals surface area contributed by atoms with Crippen molar-refractivity contribution in [1.82, 2.24) is 24.3 Å². The Kier molecular flexibility index (Phi) is 14.9. The summed E-state index contributed by atoms with van der Waals surface area (Å²) in [5.74, 6) is 2.50. The van der Waals surface area contributed by atoms with Gasteiger partial charge >= 0.3 is 0 Å². The lowest BCUT2D eigenvalue weighted by Gasteiger charge is -2.33. The molecule has 272 valence electrons. The molecule has 1 unspecified atom stereocenters. The van der Waals surface area contributed by atoms with Crippen LogP contribution < -0.4 is 14.2 Å². The first kappa shape index (κ1) is 38.6. The van der Waals surface area contributed by atoms with E-state index in [-0.39, 0.29) is 11.3 Å². The van der Waals surface area contributed by atoms with Gasteiger partial charge in [-0.15, -0.1) is 0 Å². The first-order valence-corrected chi connectivity index (χ1v) is 18.1. The molecule has 1 atom stereocenters.